The number of nitrogens with zero attached hydrogens (tertiary/aromatic N) is 3. The quantitative estimate of drug-likeness (QED) is 0.727. The van der Waals surface area contributed by atoms with Crippen LogP contribution in [-0.2, 0) is 4.74 Å². The number of carbonyl (C=O) groups is 1. The summed E-state index contributed by atoms with van der Waals surface area (Å²) in [6, 6.07) is 14.6. The van der Waals surface area contributed by atoms with Gasteiger partial charge < -0.3 is 14.8 Å². The Labute approximate surface area is 156 Å². The van der Waals surface area contributed by atoms with Crippen LogP contribution < -0.4 is 10.1 Å². The van der Waals surface area contributed by atoms with Gasteiger partial charge in [0.2, 0.25) is 0 Å². The summed E-state index contributed by atoms with van der Waals surface area (Å²) >= 11 is 0. The molecule has 1 aliphatic rings. The second kappa shape index (κ2) is 8.01. The third kappa shape index (κ3) is 4.15. The number of hydrogen-bond donors (Lipinski definition) is 1. The van der Waals surface area contributed by atoms with E-state index in [4.69, 9.17) is 9.47 Å². The van der Waals surface area contributed by atoms with E-state index in [1.54, 1.807) is 23.1 Å². The highest BCUT2D eigenvalue weighted by Gasteiger charge is 2.16. The number of benzene rings is 2. The van der Waals surface area contributed by atoms with Crippen molar-refractivity contribution in [2.24, 2.45) is 0 Å². The first-order valence-corrected chi connectivity index (χ1v) is 8.89. The highest BCUT2D eigenvalue weighted by molar-refractivity contribution is 6.05. The van der Waals surface area contributed by atoms with Crippen LogP contribution >= 0.6 is 0 Å². The summed E-state index contributed by atoms with van der Waals surface area (Å²) in [5.41, 5.74) is 1.92. The lowest BCUT2D eigenvalue weighted by molar-refractivity contribution is 0.0679. The normalized spacial score (nSPS) is 16.2. The molecule has 1 aromatic heterocycles. The van der Waals surface area contributed by atoms with Crippen molar-refractivity contribution in [1.82, 2.24) is 14.8 Å². The van der Waals surface area contributed by atoms with Crippen molar-refractivity contribution in [3.63, 3.8) is 0 Å². The Hall–Kier alpha value is -3.19. The maximum atomic E-state index is 12.7. The van der Waals surface area contributed by atoms with E-state index in [1.165, 1.54) is 6.33 Å². The van der Waals surface area contributed by atoms with Gasteiger partial charge in [0.15, 0.2) is 0 Å². The molecule has 0 bridgehead atoms. The molecule has 0 saturated carbocycles. The average molecular weight is 364 g/mol. The molecule has 4 rings (SSSR count). The summed E-state index contributed by atoms with van der Waals surface area (Å²) in [6.45, 7) is 1.29. The highest BCUT2D eigenvalue weighted by Crippen LogP contribution is 2.21. The fourth-order valence-electron chi connectivity index (χ4n) is 3.00. The van der Waals surface area contributed by atoms with Gasteiger partial charge in [0, 0.05) is 12.2 Å². The molecular weight excluding hydrogens is 344 g/mol. The number of nitrogens with one attached hydrogen (secondary N) is 1. The van der Waals surface area contributed by atoms with Crippen molar-refractivity contribution in [2.75, 3.05) is 18.5 Å². The molecule has 27 heavy (non-hydrogen) atoms. The van der Waals surface area contributed by atoms with Gasteiger partial charge in [-0.05, 0) is 43.2 Å². The summed E-state index contributed by atoms with van der Waals surface area (Å²) in [4.78, 5) is 16.7. The fraction of sp³-hybridized carbons (Fsp3) is 0.250. The maximum Gasteiger partial charge on any atom is 0.255 e. The number of hydrogen-bond acceptors (Lipinski definition) is 5. The van der Waals surface area contributed by atoms with Crippen LogP contribution in [0.5, 0.6) is 5.75 Å². The van der Waals surface area contributed by atoms with Crippen LogP contribution in [0.1, 0.15) is 23.2 Å². The Kier molecular flexibility index (Phi) is 5.11. The van der Waals surface area contributed by atoms with Crippen molar-refractivity contribution in [3.8, 4) is 11.4 Å². The Bertz CT molecular complexity index is 905. The Morgan fingerprint density at radius 1 is 1.26 bits per heavy atom. The Morgan fingerprint density at radius 2 is 2.19 bits per heavy atom. The summed E-state index contributed by atoms with van der Waals surface area (Å²) in [5, 5.41) is 7.06. The number of rotatable bonds is 6. The molecule has 1 amide bonds. The fourth-order valence-corrected chi connectivity index (χ4v) is 3.00. The molecule has 1 saturated heterocycles. The molecule has 138 valence electrons. The monoisotopic (exact) mass is 364 g/mol. The van der Waals surface area contributed by atoms with Crippen LogP contribution in [0.3, 0.4) is 0 Å². The minimum atomic E-state index is -0.217. The molecule has 2 heterocycles. The smallest absolute Gasteiger partial charge is 0.255 e. The number of carbonyl (C=O) groups excluding carboxylic acids is 1. The maximum absolute atomic E-state index is 12.7. The van der Waals surface area contributed by atoms with E-state index in [9.17, 15) is 4.79 Å². The number of anilines is 1. The predicted molar refractivity (Wildman–Crippen MR) is 100 cm³/mol. The van der Waals surface area contributed by atoms with Crippen LogP contribution in [0, 0.1) is 0 Å². The van der Waals surface area contributed by atoms with Crippen molar-refractivity contribution >= 4 is 11.6 Å². The number of para-hydroxylation sites is 2. The van der Waals surface area contributed by atoms with Crippen LogP contribution in [0.25, 0.3) is 5.69 Å². The molecule has 7 heteroatoms. The van der Waals surface area contributed by atoms with E-state index in [2.05, 4.69) is 15.4 Å². The summed E-state index contributed by atoms with van der Waals surface area (Å²) in [7, 11) is 0. The Balaban J connectivity index is 1.46. The molecule has 1 unspecified atom stereocenters. The second-order valence-electron chi connectivity index (χ2n) is 6.29. The number of aromatic nitrogens is 3. The average Bonchev–Trinajstić information content (AvgIpc) is 3.41. The lowest BCUT2D eigenvalue weighted by Gasteiger charge is -2.13. The van der Waals surface area contributed by atoms with Crippen LogP contribution in [0.4, 0.5) is 5.69 Å². The van der Waals surface area contributed by atoms with E-state index in [1.807, 2.05) is 36.4 Å². The Morgan fingerprint density at radius 3 is 3.00 bits per heavy atom. The minimum Gasteiger partial charge on any atom is -0.491 e. The van der Waals surface area contributed by atoms with Crippen molar-refractivity contribution in [2.45, 2.75) is 18.9 Å². The number of amides is 1. The van der Waals surface area contributed by atoms with Gasteiger partial charge in [-0.25, -0.2) is 9.67 Å². The third-order valence-electron chi connectivity index (χ3n) is 4.37. The van der Waals surface area contributed by atoms with E-state index in [0.717, 1.165) is 25.1 Å². The van der Waals surface area contributed by atoms with E-state index in [0.29, 0.717) is 23.6 Å². The lowest BCUT2D eigenvalue weighted by Crippen LogP contribution is -2.17. The summed E-state index contributed by atoms with van der Waals surface area (Å²) in [6.07, 6.45) is 5.26. The molecule has 1 aliphatic heterocycles. The first-order valence-electron chi connectivity index (χ1n) is 8.89. The van der Waals surface area contributed by atoms with Gasteiger partial charge in [0.25, 0.3) is 5.91 Å². The van der Waals surface area contributed by atoms with Gasteiger partial charge in [-0.15, -0.1) is 0 Å². The van der Waals surface area contributed by atoms with Crippen molar-refractivity contribution in [1.29, 1.82) is 0 Å². The highest BCUT2D eigenvalue weighted by atomic mass is 16.5. The zero-order valence-corrected chi connectivity index (χ0v) is 14.7. The standard InChI is InChI=1S/C20H20N4O3/c25-20(23-18-8-1-2-9-19(18)24-14-21-13-22-24)15-5-3-6-16(11-15)27-12-17-7-4-10-26-17/h1-3,5-6,8-9,11,13-14,17H,4,7,10,12H2,(H,23,25). The van der Waals surface area contributed by atoms with Crippen LogP contribution in [-0.4, -0.2) is 40.0 Å². The zero-order chi connectivity index (χ0) is 18.5. The molecule has 1 N–H and O–H groups in total. The lowest BCUT2D eigenvalue weighted by atomic mass is 10.2. The minimum absolute atomic E-state index is 0.136. The van der Waals surface area contributed by atoms with Gasteiger partial charge in [0.05, 0.1) is 17.5 Å². The van der Waals surface area contributed by atoms with Gasteiger partial charge >= 0.3 is 0 Å². The number of ether oxygens (including phenoxy) is 2. The molecular formula is C20H20N4O3. The molecule has 0 radical (unpaired) electrons. The molecule has 3 aromatic rings. The van der Waals surface area contributed by atoms with Crippen molar-refractivity contribution < 1.29 is 14.3 Å². The van der Waals surface area contributed by atoms with E-state index < -0.39 is 0 Å². The van der Waals surface area contributed by atoms with Gasteiger partial charge in [0.1, 0.15) is 25.0 Å². The van der Waals surface area contributed by atoms with Crippen molar-refractivity contribution in [3.05, 3.63) is 66.7 Å². The van der Waals surface area contributed by atoms with E-state index >= 15 is 0 Å². The third-order valence-corrected chi connectivity index (χ3v) is 4.37. The van der Waals surface area contributed by atoms with E-state index in [-0.39, 0.29) is 12.0 Å². The SMILES string of the molecule is O=C(Nc1ccccc1-n1cncn1)c1cccc(OCC2CCCO2)c1. The first-order chi connectivity index (χ1) is 13.3. The summed E-state index contributed by atoms with van der Waals surface area (Å²) < 4.78 is 13.0. The van der Waals surface area contributed by atoms with Gasteiger partial charge in [-0.2, -0.15) is 5.10 Å². The summed E-state index contributed by atoms with van der Waals surface area (Å²) in [5.74, 6) is 0.438. The first kappa shape index (κ1) is 17.2. The second-order valence-corrected chi connectivity index (χ2v) is 6.29. The zero-order valence-electron chi connectivity index (χ0n) is 14.7. The predicted octanol–water partition coefficient (Wildman–Crippen LogP) is 3.08. The largest absolute Gasteiger partial charge is 0.491 e. The molecule has 0 aliphatic carbocycles. The molecule has 2 aromatic carbocycles. The van der Waals surface area contributed by atoms with Gasteiger partial charge in [-0.3, -0.25) is 4.79 Å². The van der Waals surface area contributed by atoms with Gasteiger partial charge in [-0.1, -0.05) is 18.2 Å². The molecule has 7 nitrogen and oxygen atoms in total. The topological polar surface area (TPSA) is 78.3 Å². The van der Waals surface area contributed by atoms with Crippen LogP contribution in [0.15, 0.2) is 61.2 Å². The molecule has 1 fully saturated rings. The molecule has 1 atom stereocenters. The van der Waals surface area contributed by atoms with Crippen LogP contribution in [0.2, 0.25) is 0 Å². The molecule has 0 spiro atoms.